The van der Waals surface area contributed by atoms with Crippen LogP contribution in [0, 0.1) is 6.92 Å². The minimum Gasteiger partial charge on any atom is -0.489 e. The van der Waals surface area contributed by atoms with Crippen molar-refractivity contribution >= 4 is 16.9 Å². The summed E-state index contributed by atoms with van der Waals surface area (Å²) in [6.07, 6.45) is 1.72. The number of nitrogens with one attached hydrogen (secondary N) is 1. The Labute approximate surface area is 204 Å². The minimum absolute atomic E-state index is 0.136. The first kappa shape index (κ1) is 22.3. The Balaban J connectivity index is 1.29. The maximum atomic E-state index is 12.8. The highest BCUT2D eigenvalue weighted by Crippen LogP contribution is 2.21. The van der Waals surface area contributed by atoms with Crippen molar-refractivity contribution in [1.29, 1.82) is 0 Å². The van der Waals surface area contributed by atoms with Gasteiger partial charge in [0.25, 0.3) is 5.91 Å². The van der Waals surface area contributed by atoms with Crippen molar-refractivity contribution in [2.75, 3.05) is 0 Å². The van der Waals surface area contributed by atoms with Gasteiger partial charge in [0.1, 0.15) is 18.2 Å². The highest BCUT2D eigenvalue weighted by molar-refractivity contribution is 5.97. The number of aromatic nitrogens is 3. The van der Waals surface area contributed by atoms with Crippen molar-refractivity contribution in [1.82, 2.24) is 19.9 Å². The van der Waals surface area contributed by atoms with Crippen LogP contribution in [0.4, 0.5) is 0 Å². The molecule has 1 amide bonds. The standard InChI is InChI=1S/C29H26N4O2/c1-21-32-27-15-12-24(29(34)31-18-25-9-5-6-16-30-25)17-28(27)33(21)19-22-10-13-26(14-11-22)35-20-23-7-3-2-4-8-23/h2-17H,18-20H2,1H3,(H,31,34). The molecule has 5 aromatic rings. The van der Waals surface area contributed by atoms with E-state index in [-0.39, 0.29) is 5.91 Å². The summed E-state index contributed by atoms with van der Waals surface area (Å²) in [6, 6.07) is 29.5. The van der Waals surface area contributed by atoms with Crippen LogP contribution in [-0.2, 0) is 19.7 Å². The van der Waals surface area contributed by atoms with Gasteiger partial charge in [-0.05, 0) is 60.5 Å². The highest BCUT2D eigenvalue weighted by Gasteiger charge is 2.12. The molecule has 0 fully saturated rings. The molecule has 2 aromatic heterocycles. The Morgan fingerprint density at radius 2 is 1.71 bits per heavy atom. The molecular formula is C29H26N4O2. The summed E-state index contributed by atoms with van der Waals surface area (Å²) in [5, 5.41) is 2.94. The second-order valence-electron chi connectivity index (χ2n) is 8.37. The van der Waals surface area contributed by atoms with Crippen molar-refractivity contribution in [3.8, 4) is 5.75 Å². The van der Waals surface area contributed by atoms with Crippen LogP contribution in [0.1, 0.15) is 33.0 Å². The van der Waals surface area contributed by atoms with E-state index in [2.05, 4.69) is 32.0 Å². The number of amides is 1. The second kappa shape index (κ2) is 10.2. The van der Waals surface area contributed by atoms with Crippen LogP contribution in [0.25, 0.3) is 11.0 Å². The summed E-state index contributed by atoms with van der Waals surface area (Å²) in [5.41, 5.74) is 5.48. The number of rotatable bonds is 8. The Bertz CT molecular complexity index is 1430. The van der Waals surface area contributed by atoms with Crippen molar-refractivity contribution < 1.29 is 9.53 Å². The average Bonchev–Trinajstić information content (AvgIpc) is 3.22. The van der Waals surface area contributed by atoms with Crippen LogP contribution in [0.15, 0.2) is 97.2 Å². The van der Waals surface area contributed by atoms with Gasteiger partial charge in [-0.15, -0.1) is 0 Å². The van der Waals surface area contributed by atoms with Crippen LogP contribution in [-0.4, -0.2) is 20.4 Å². The first-order valence-corrected chi connectivity index (χ1v) is 11.6. The molecule has 0 radical (unpaired) electrons. The van der Waals surface area contributed by atoms with Gasteiger partial charge in [-0.3, -0.25) is 9.78 Å². The van der Waals surface area contributed by atoms with E-state index >= 15 is 0 Å². The van der Waals surface area contributed by atoms with Crippen molar-refractivity contribution in [2.45, 2.75) is 26.6 Å². The van der Waals surface area contributed by atoms with Crippen molar-refractivity contribution in [3.63, 3.8) is 0 Å². The maximum absolute atomic E-state index is 12.8. The van der Waals surface area contributed by atoms with Gasteiger partial charge in [0, 0.05) is 18.3 Å². The van der Waals surface area contributed by atoms with Gasteiger partial charge in [-0.2, -0.15) is 0 Å². The minimum atomic E-state index is -0.136. The smallest absolute Gasteiger partial charge is 0.251 e. The monoisotopic (exact) mass is 462 g/mol. The zero-order valence-corrected chi connectivity index (χ0v) is 19.5. The first-order valence-electron chi connectivity index (χ1n) is 11.6. The number of imidazole rings is 1. The van der Waals surface area contributed by atoms with Gasteiger partial charge in [-0.1, -0.05) is 48.5 Å². The highest BCUT2D eigenvalue weighted by atomic mass is 16.5. The van der Waals surface area contributed by atoms with Gasteiger partial charge in [0.15, 0.2) is 0 Å². The number of hydrogen-bond acceptors (Lipinski definition) is 4. The van der Waals surface area contributed by atoms with E-state index in [1.807, 2.05) is 85.8 Å². The Hall–Kier alpha value is -4.45. The van der Waals surface area contributed by atoms with Gasteiger partial charge in [0.2, 0.25) is 0 Å². The number of pyridine rings is 1. The summed E-state index contributed by atoms with van der Waals surface area (Å²) < 4.78 is 8.03. The number of carbonyl (C=O) groups excluding carboxylic acids is 1. The topological polar surface area (TPSA) is 69.0 Å². The van der Waals surface area contributed by atoms with E-state index in [1.54, 1.807) is 6.20 Å². The normalized spacial score (nSPS) is 10.9. The van der Waals surface area contributed by atoms with Crippen LogP contribution >= 0.6 is 0 Å². The average molecular weight is 463 g/mol. The zero-order valence-electron chi connectivity index (χ0n) is 19.5. The molecule has 2 heterocycles. The maximum Gasteiger partial charge on any atom is 0.251 e. The molecule has 0 saturated heterocycles. The number of aryl methyl sites for hydroxylation is 1. The number of nitrogens with zero attached hydrogens (tertiary/aromatic N) is 3. The lowest BCUT2D eigenvalue weighted by molar-refractivity contribution is 0.0950. The van der Waals surface area contributed by atoms with E-state index in [0.29, 0.717) is 25.3 Å². The summed E-state index contributed by atoms with van der Waals surface area (Å²) in [4.78, 5) is 21.7. The predicted molar refractivity (Wildman–Crippen MR) is 136 cm³/mol. The molecule has 35 heavy (non-hydrogen) atoms. The molecule has 0 spiro atoms. The third-order valence-electron chi connectivity index (χ3n) is 5.87. The Morgan fingerprint density at radius 3 is 2.49 bits per heavy atom. The van der Waals surface area contributed by atoms with E-state index in [0.717, 1.165) is 39.4 Å². The predicted octanol–water partition coefficient (Wildman–Crippen LogP) is 5.30. The number of benzene rings is 3. The SMILES string of the molecule is Cc1nc2ccc(C(=O)NCc3ccccn3)cc2n1Cc1ccc(OCc2ccccc2)cc1. The molecule has 5 rings (SSSR count). The van der Waals surface area contributed by atoms with E-state index < -0.39 is 0 Å². The molecule has 0 atom stereocenters. The largest absolute Gasteiger partial charge is 0.489 e. The number of ether oxygens (including phenoxy) is 1. The molecule has 0 aliphatic carbocycles. The molecule has 0 saturated carbocycles. The summed E-state index contributed by atoms with van der Waals surface area (Å²) in [6.45, 7) is 3.56. The fourth-order valence-electron chi connectivity index (χ4n) is 3.97. The van der Waals surface area contributed by atoms with E-state index in [9.17, 15) is 4.79 Å². The van der Waals surface area contributed by atoms with Crippen molar-refractivity contribution in [3.05, 3.63) is 125 Å². The van der Waals surface area contributed by atoms with Gasteiger partial charge < -0.3 is 14.6 Å². The molecule has 3 aromatic carbocycles. The number of hydrogen-bond donors (Lipinski definition) is 1. The van der Waals surface area contributed by atoms with Crippen molar-refractivity contribution in [2.24, 2.45) is 0 Å². The summed E-state index contributed by atoms with van der Waals surface area (Å²) in [7, 11) is 0. The van der Waals surface area contributed by atoms with Gasteiger partial charge >= 0.3 is 0 Å². The second-order valence-corrected chi connectivity index (χ2v) is 8.37. The molecule has 0 bridgehead atoms. The quantitative estimate of drug-likeness (QED) is 0.340. The molecule has 174 valence electrons. The van der Waals surface area contributed by atoms with Crippen LogP contribution in [0.2, 0.25) is 0 Å². The van der Waals surface area contributed by atoms with Gasteiger partial charge in [0.05, 0.1) is 23.3 Å². The fraction of sp³-hybridized carbons (Fsp3) is 0.138. The molecule has 0 aliphatic rings. The number of carbonyl (C=O) groups is 1. The Kier molecular flexibility index (Phi) is 6.52. The van der Waals surface area contributed by atoms with Crippen LogP contribution in [0.5, 0.6) is 5.75 Å². The first-order chi connectivity index (χ1) is 17.2. The molecule has 1 N–H and O–H groups in total. The van der Waals surface area contributed by atoms with E-state index in [4.69, 9.17) is 4.74 Å². The lowest BCUT2D eigenvalue weighted by atomic mass is 10.1. The third kappa shape index (κ3) is 5.38. The summed E-state index contributed by atoms with van der Waals surface area (Å²) >= 11 is 0. The zero-order chi connectivity index (χ0) is 24.0. The molecule has 6 nitrogen and oxygen atoms in total. The third-order valence-corrected chi connectivity index (χ3v) is 5.87. The van der Waals surface area contributed by atoms with Gasteiger partial charge in [-0.25, -0.2) is 4.98 Å². The van der Waals surface area contributed by atoms with Crippen LogP contribution in [0.3, 0.4) is 0 Å². The molecule has 6 heteroatoms. The lowest BCUT2D eigenvalue weighted by Crippen LogP contribution is -2.23. The fourth-order valence-corrected chi connectivity index (χ4v) is 3.97. The van der Waals surface area contributed by atoms with E-state index in [1.165, 1.54) is 0 Å². The number of fused-ring (bicyclic) bond motifs is 1. The van der Waals surface area contributed by atoms with Crippen LogP contribution < -0.4 is 10.1 Å². The Morgan fingerprint density at radius 1 is 0.914 bits per heavy atom. The molecule has 0 aliphatic heterocycles. The molecular weight excluding hydrogens is 436 g/mol. The molecule has 0 unspecified atom stereocenters. The lowest BCUT2D eigenvalue weighted by Gasteiger charge is -2.10. The summed E-state index contributed by atoms with van der Waals surface area (Å²) in [5.74, 6) is 1.59.